The van der Waals surface area contributed by atoms with Crippen LogP contribution in [0.3, 0.4) is 0 Å². The molecule has 0 N–H and O–H groups in total. The molecule has 132 valence electrons. The number of benzene rings is 1. The molecule has 2 aromatic heterocycles. The molecule has 4 rings (SSSR count). The minimum Gasteiger partial charge on any atom is -0.772 e. The zero-order valence-corrected chi connectivity index (χ0v) is 14.9. The molecule has 0 fully saturated rings. The Morgan fingerprint density at radius 3 is 2.88 bits per heavy atom. The molecule has 1 aromatic carbocycles. The molecule has 1 atom stereocenters. The van der Waals surface area contributed by atoms with Gasteiger partial charge in [0.2, 0.25) is 0 Å². The fraction of sp³-hybridized carbons (Fsp3) is 0.211. The topological polar surface area (TPSA) is 82.0 Å². The first kappa shape index (κ1) is 16.8. The summed E-state index contributed by atoms with van der Waals surface area (Å²) in [6.45, 7) is 1.54. The van der Waals surface area contributed by atoms with Gasteiger partial charge >= 0.3 is 0 Å². The van der Waals surface area contributed by atoms with Crippen LogP contribution in [-0.2, 0) is 29.8 Å². The van der Waals surface area contributed by atoms with E-state index in [-0.39, 0.29) is 5.75 Å². The fourth-order valence-corrected chi connectivity index (χ4v) is 3.59. The van der Waals surface area contributed by atoms with Crippen molar-refractivity contribution in [2.75, 3.05) is 11.4 Å². The number of pyridine rings is 1. The molecule has 0 saturated heterocycles. The van der Waals surface area contributed by atoms with Crippen LogP contribution in [0.5, 0.6) is 0 Å². The van der Waals surface area contributed by atoms with Gasteiger partial charge in [-0.1, -0.05) is 29.3 Å². The Balaban J connectivity index is 1.56. The zero-order chi connectivity index (χ0) is 17.9. The van der Waals surface area contributed by atoms with E-state index in [9.17, 15) is 8.76 Å². The summed E-state index contributed by atoms with van der Waals surface area (Å²) in [4.78, 5) is 15.7. The predicted octanol–water partition coefficient (Wildman–Crippen LogP) is 2.48. The molecule has 1 aliphatic heterocycles. The second-order valence-electron chi connectivity index (χ2n) is 6.17. The smallest absolute Gasteiger partial charge is 0.178 e. The van der Waals surface area contributed by atoms with E-state index in [2.05, 4.69) is 19.9 Å². The molecule has 0 saturated carbocycles. The molecule has 0 aliphatic carbocycles. The maximum atomic E-state index is 10.9. The van der Waals surface area contributed by atoms with Gasteiger partial charge < -0.3 is 9.45 Å². The van der Waals surface area contributed by atoms with Crippen LogP contribution in [-0.4, -0.2) is 30.3 Å². The molecule has 1 aliphatic rings. The van der Waals surface area contributed by atoms with E-state index < -0.39 is 11.1 Å². The van der Waals surface area contributed by atoms with Gasteiger partial charge in [-0.15, -0.1) is 0 Å². The van der Waals surface area contributed by atoms with Crippen molar-refractivity contribution in [1.29, 1.82) is 0 Å². The summed E-state index contributed by atoms with van der Waals surface area (Å²) in [6.07, 6.45) is 4.42. The van der Waals surface area contributed by atoms with E-state index in [0.717, 1.165) is 41.2 Å². The van der Waals surface area contributed by atoms with Crippen LogP contribution in [0.2, 0.25) is 0 Å². The molecule has 7 heteroatoms. The Hall–Kier alpha value is -2.64. The molecule has 0 radical (unpaired) electrons. The van der Waals surface area contributed by atoms with Gasteiger partial charge in [0.25, 0.3) is 0 Å². The summed E-state index contributed by atoms with van der Waals surface area (Å²) in [5.74, 6) is 0.687. The van der Waals surface area contributed by atoms with Crippen molar-refractivity contribution in [1.82, 2.24) is 15.0 Å². The quantitative estimate of drug-likeness (QED) is 0.661. The van der Waals surface area contributed by atoms with E-state index in [1.807, 2.05) is 48.7 Å². The van der Waals surface area contributed by atoms with Crippen molar-refractivity contribution in [2.45, 2.75) is 18.7 Å². The predicted molar refractivity (Wildman–Crippen MR) is 99.1 cm³/mol. The first-order valence-corrected chi connectivity index (χ1v) is 9.59. The van der Waals surface area contributed by atoms with Gasteiger partial charge in [-0.3, -0.25) is 9.19 Å². The number of hydrogen-bond donors (Lipinski definition) is 0. The third kappa shape index (κ3) is 3.63. The highest BCUT2D eigenvalue weighted by atomic mass is 32.2. The first-order chi connectivity index (χ1) is 12.7. The monoisotopic (exact) mass is 365 g/mol. The second-order valence-corrected chi connectivity index (χ2v) is 7.07. The van der Waals surface area contributed by atoms with Crippen LogP contribution < -0.4 is 4.90 Å². The zero-order valence-electron chi connectivity index (χ0n) is 14.0. The molecule has 0 spiro atoms. The Labute approximate surface area is 154 Å². The standard InChI is InChI=1S/C19H18N4O2S/c24-26(25)13-14-4-3-5-16(10-14)23-9-7-17-15(12-23)11-21-19(22-17)18-6-1-2-8-20-18/h1-6,8,10-11H,7,9,12-13H2,(H,24,25)/p-1. The lowest BCUT2D eigenvalue weighted by atomic mass is 10.1. The Morgan fingerprint density at radius 1 is 1.15 bits per heavy atom. The van der Waals surface area contributed by atoms with Crippen LogP contribution >= 0.6 is 0 Å². The van der Waals surface area contributed by atoms with E-state index in [4.69, 9.17) is 0 Å². The molecule has 26 heavy (non-hydrogen) atoms. The van der Waals surface area contributed by atoms with Gasteiger partial charge in [0.1, 0.15) is 5.69 Å². The maximum absolute atomic E-state index is 10.9. The second kappa shape index (κ2) is 7.31. The maximum Gasteiger partial charge on any atom is 0.178 e. The average Bonchev–Trinajstić information content (AvgIpc) is 2.67. The van der Waals surface area contributed by atoms with Crippen LogP contribution in [0.4, 0.5) is 5.69 Å². The van der Waals surface area contributed by atoms with Crippen LogP contribution in [0.1, 0.15) is 16.8 Å². The van der Waals surface area contributed by atoms with Gasteiger partial charge in [0.05, 0.1) is 5.69 Å². The summed E-state index contributed by atoms with van der Waals surface area (Å²) in [7, 11) is 0. The Bertz CT molecular complexity index is 949. The van der Waals surface area contributed by atoms with Gasteiger partial charge in [0.15, 0.2) is 5.82 Å². The number of hydrogen-bond acceptors (Lipinski definition) is 6. The van der Waals surface area contributed by atoms with Crippen molar-refractivity contribution in [2.24, 2.45) is 0 Å². The highest BCUT2D eigenvalue weighted by Crippen LogP contribution is 2.25. The molecule has 6 nitrogen and oxygen atoms in total. The fourth-order valence-electron chi connectivity index (χ4n) is 3.13. The minimum atomic E-state index is -2.08. The third-order valence-corrected chi connectivity index (χ3v) is 4.96. The van der Waals surface area contributed by atoms with Crippen molar-refractivity contribution in [3.05, 3.63) is 71.7 Å². The number of nitrogens with zero attached hydrogens (tertiary/aromatic N) is 4. The summed E-state index contributed by atoms with van der Waals surface area (Å²) < 4.78 is 21.9. The molecule has 0 amide bonds. The van der Waals surface area contributed by atoms with Crippen LogP contribution in [0.25, 0.3) is 11.5 Å². The summed E-state index contributed by atoms with van der Waals surface area (Å²) in [5, 5.41) is 0. The molecular weight excluding hydrogens is 348 g/mol. The largest absolute Gasteiger partial charge is 0.772 e. The summed E-state index contributed by atoms with van der Waals surface area (Å²) in [6, 6.07) is 13.4. The number of rotatable bonds is 4. The average molecular weight is 365 g/mol. The van der Waals surface area contributed by atoms with E-state index in [0.29, 0.717) is 12.4 Å². The van der Waals surface area contributed by atoms with Crippen molar-refractivity contribution in [3.8, 4) is 11.5 Å². The summed E-state index contributed by atoms with van der Waals surface area (Å²) >= 11 is -2.08. The van der Waals surface area contributed by atoms with Gasteiger partial charge in [-0.05, 0) is 29.8 Å². The molecule has 3 aromatic rings. The Kier molecular flexibility index (Phi) is 4.73. The molecular formula is C19H17N4O2S-. The van der Waals surface area contributed by atoms with Crippen molar-refractivity contribution >= 4 is 16.8 Å². The lowest BCUT2D eigenvalue weighted by Crippen LogP contribution is -2.31. The van der Waals surface area contributed by atoms with Gasteiger partial charge in [-0.2, -0.15) is 0 Å². The van der Waals surface area contributed by atoms with E-state index >= 15 is 0 Å². The number of aromatic nitrogens is 3. The highest BCUT2D eigenvalue weighted by Gasteiger charge is 2.19. The summed E-state index contributed by atoms with van der Waals surface area (Å²) in [5.41, 5.74) is 4.73. The van der Waals surface area contributed by atoms with Crippen molar-refractivity contribution in [3.63, 3.8) is 0 Å². The van der Waals surface area contributed by atoms with Gasteiger partial charge in [0, 0.05) is 48.9 Å². The van der Waals surface area contributed by atoms with Gasteiger partial charge in [-0.25, -0.2) is 9.97 Å². The van der Waals surface area contributed by atoms with E-state index in [1.54, 1.807) is 6.20 Å². The molecule has 3 heterocycles. The number of anilines is 1. The lowest BCUT2D eigenvalue weighted by molar-refractivity contribution is 0.536. The van der Waals surface area contributed by atoms with Crippen molar-refractivity contribution < 1.29 is 8.76 Å². The number of fused-ring (bicyclic) bond motifs is 1. The molecule has 0 bridgehead atoms. The molecule has 1 unspecified atom stereocenters. The van der Waals surface area contributed by atoms with Crippen LogP contribution in [0, 0.1) is 0 Å². The third-order valence-electron chi connectivity index (χ3n) is 4.39. The highest BCUT2D eigenvalue weighted by molar-refractivity contribution is 7.78. The SMILES string of the molecule is O=S([O-])Cc1cccc(N2CCc3nc(-c4ccccn4)ncc3C2)c1. The minimum absolute atomic E-state index is 0.0365. The normalized spacial score (nSPS) is 14.7. The lowest BCUT2D eigenvalue weighted by Gasteiger charge is -2.30. The van der Waals surface area contributed by atoms with Crippen LogP contribution in [0.15, 0.2) is 54.9 Å². The first-order valence-electron chi connectivity index (χ1n) is 8.35. The van der Waals surface area contributed by atoms with E-state index in [1.165, 1.54) is 0 Å². The Morgan fingerprint density at radius 2 is 2.08 bits per heavy atom.